The van der Waals surface area contributed by atoms with Crippen molar-refractivity contribution in [2.45, 2.75) is 6.92 Å². The lowest BCUT2D eigenvalue weighted by Crippen LogP contribution is -2.17. The maximum Gasteiger partial charge on any atom is 0.317 e. The van der Waals surface area contributed by atoms with Crippen LogP contribution in [0.4, 0.5) is 0 Å². The first kappa shape index (κ1) is 15.1. The number of amidine groups is 1. The fraction of sp³-hybridized carbons (Fsp3) is 0.545. The minimum Gasteiger partial charge on any atom is -0.461 e. The summed E-state index contributed by atoms with van der Waals surface area (Å²) in [6, 6.07) is 1.76. The fourth-order valence-electron chi connectivity index (χ4n) is 1.22. The largest absolute Gasteiger partial charge is 0.461 e. The second kappa shape index (κ2) is 8.22. The molecular formula is C11H18N4O4. The first-order valence-electron chi connectivity index (χ1n) is 5.70. The van der Waals surface area contributed by atoms with E-state index in [0.717, 1.165) is 0 Å². The summed E-state index contributed by atoms with van der Waals surface area (Å²) < 4.78 is 15.4. The van der Waals surface area contributed by atoms with Gasteiger partial charge in [-0.3, -0.25) is 0 Å². The Morgan fingerprint density at radius 3 is 2.74 bits per heavy atom. The van der Waals surface area contributed by atoms with Crippen LogP contribution < -0.4 is 10.5 Å². The summed E-state index contributed by atoms with van der Waals surface area (Å²) in [5.74, 6) is -0.0910. The Labute approximate surface area is 111 Å². The quantitative estimate of drug-likeness (QED) is 0.223. The summed E-state index contributed by atoms with van der Waals surface area (Å²) in [6.07, 6.45) is 0. The Bertz CT molecular complexity index is 425. The van der Waals surface area contributed by atoms with E-state index in [1.54, 1.807) is 20.1 Å². The third-order valence-corrected chi connectivity index (χ3v) is 2.09. The molecule has 8 heteroatoms. The molecule has 0 aliphatic rings. The molecule has 106 valence electrons. The van der Waals surface area contributed by atoms with Gasteiger partial charge in [0, 0.05) is 12.8 Å². The zero-order valence-corrected chi connectivity index (χ0v) is 11.0. The smallest absolute Gasteiger partial charge is 0.317 e. The molecule has 1 aromatic heterocycles. The van der Waals surface area contributed by atoms with Crippen LogP contribution in [0.2, 0.25) is 0 Å². The van der Waals surface area contributed by atoms with Crippen molar-refractivity contribution in [2.24, 2.45) is 10.9 Å². The molecule has 0 unspecified atom stereocenters. The van der Waals surface area contributed by atoms with E-state index in [-0.39, 0.29) is 11.8 Å². The lowest BCUT2D eigenvalue weighted by Gasteiger charge is -2.07. The molecule has 3 N–H and O–H groups in total. The van der Waals surface area contributed by atoms with Crippen LogP contribution in [0.15, 0.2) is 11.2 Å². The van der Waals surface area contributed by atoms with Crippen LogP contribution in [0.1, 0.15) is 11.4 Å². The third kappa shape index (κ3) is 5.49. The molecule has 0 fully saturated rings. The zero-order chi connectivity index (χ0) is 14.1. The summed E-state index contributed by atoms with van der Waals surface area (Å²) in [6.45, 7) is 3.51. The number of oxime groups is 1. The van der Waals surface area contributed by atoms with E-state index in [4.69, 9.17) is 25.2 Å². The molecule has 0 saturated carbocycles. The number of hydrogen-bond donors (Lipinski definition) is 2. The number of rotatable bonds is 8. The van der Waals surface area contributed by atoms with Gasteiger partial charge in [-0.05, 0) is 13.0 Å². The molecule has 0 aliphatic heterocycles. The van der Waals surface area contributed by atoms with Crippen LogP contribution in [-0.2, 0) is 9.47 Å². The van der Waals surface area contributed by atoms with Crippen LogP contribution in [0, 0.1) is 6.92 Å². The molecule has 0 radical (unpaired) electrons. The lowest BCUT2D eigenvalue weighted by molar-refractivity contribution is 0.0528. The summed E-state index contributed by atoms with van der Waals surface area (Å²) >= 11 is 0. The normalized spacial score (nSPS) is 11.6. The van der Waals surface area contributed by atoms with Crippen molar-refractivity contribution in [1.82, 2.24) is 9.97 Å². The third-order valence-electron chi connectivity index (χ3n) is 2.09. The summed E-state index contributed by atoms with van der Waals surface area (Å²) in [4.78, 5) is 8.09. The molecule has 0 bridgehead atoms. The standard InChI is InChI=1S/C11H18N4O4/c1-8-7-9(10(12)15-16)14-11(13-8)19-6-5-18-4-3-17-2/h7,16H,3-6H2,1-2H3,(H2,12,15). The Morgan fingerprint density at radius 1 is 1.32 bits per heavy atom. The number of methoxy groups -OCH3 is 1. The highest BCUT2D eigenvalue weighted by atomic mass is 16.5. The summed E-state index contributed by atoms with van der Waals surface area (Å²) in [5.41, 5.74) is 6.43. The predicted molar refractivity (Wildman–Crippen MR) is 67.5 cm³/mol. The van der Waals surface area contributed by atoms with Gasteiger partial charge in [0.2, 0.25) is 0 Å². The van der Waals surface area contributed by atoms with E-state index < -0.39 is 0 Å². The Hall–Kier alpha value is -1.93. The SMILES string of the molecule is COCCOCCOc1nc(C)cc(/C(N)=N/O)n1. The molecular weight excluding hydrogens is 252 g/mol. The zero-order valence-electron chi connectivity index (χ0n) is 11.0. The van der Waals surface area contributed by atoms with Gasteiger partial charge in [-0.25, -0.2) is 4.98 Å². The molecule has 1 heterocycles. The van der Waals surface area contributed by atoms with Crippen molar-refractivity contribution in [3.63, 3.8) is 0 Å². The van der Waals surface area contributed by atoms with E-state index in [1.165, 1.54) is 0 Å². The fourth-order valence-corrected chi connectivity index (χ4v) is 1.22. The van der Waals surface area contributed by atoms with Gasteiger partial charge in [-0.1, -0.05) is 5.16 Å². The minimum atomic E-state index is -0.0910. The van der Waals surface area contributed by atoms with Crippen molar-refractivity contribution in [2.75, 3.05) is 33.5 Å². The van der Waals surface area contributed by atoms with Crippen LogP contribution >= 0.6 is 0 Å². The average Bonchev–Trinajstić information content (AvgIpc) is 2.41. The van der Waals surface area contributed by atoms with Crippen LogP contribution in [0.25, 0.3) is 0 Å². The van der Waals surface area contributed by atoms with Crippen LogP contribution in [0.5, 0.6) is 6.01 Å². The second-order valence-corrected chi connectivity index (χ2v) is 3.62. The van der Waals surface area contributed by atoms with Gasteiger partial charge < -0.3 is 25.2 Å². The van der Waals surface area contributed by atoms with E-state index in [1.807, 2.05) is 0 Å². The van der Waals surface area contributed by atoms with E-state index >= 15 is 0 Å². The molecule has 19 heavy (non-hydrogen) atoms. The first-order chi connectivity index (χ1) is 9.17. The molecule has 0 aliphatic carbocycles. The lowest BCUT2D eigenvalue weighted by atomic mass is 10.3. The molecule has 0 saturated heterocycles. The first-order valence-corrected chi connectivity index (χ1v) is 5.70. The highest BCUT2D eigenvalue weighted by Gasteiger charge is 2.07. The van der Waals surface area contributed by atoms with Crippen molar-refractivity contribution in [3.05, 3.63) is 17.5 Å². The molecule has 0 amide bonds. The van der Waals surface area contributed by atoms with Crippen LogP contribution in [-0.4, -0.2) is 54.5 Å². The molecule has 1 aromatic rings. The average molecular weight is 270 g/mol. The summed E-state index contributed by atoms with van der Waals surface area (Å²) in [7, 11) is 1.61. The molecule has 1 rings (SSSR count). The van der Waals surface area contributed by atoms with Gasteiger partial charge in [0.25, 0.3) is 0 Å². The minimum absolute atomic E-state index is 0.0910. The number of nitrogens with zero attached hydrogens (tertiary/aromatic N) is 3. The van der Waals surface area contributed by atoms with Crippen molar-refractivity contribution in [3.8, 4) is 6.01 Å². The van der Waals surface area contributed by atoms with Crippen molar-refractivity contribution >= 4 is 5.84 Å². The Kier molecular flexibility index (Phi) is 6.55. The van der Waals surface area contributed by atoms with Crippen LogP contribution in [0.3, 0.4) is 0 Å². The maximum absolute atomic E-state index is 8.60. The van der Waals surface area contributed by atoms with Gasteiger partial charge in [0.05, 0.1) is 19.8 Å². The van der Waals surface area contributed by atoms with Gasteiger partial charge in [-0.15, -0.1) is 0 Å². The number of aromatic nitrogens is 2. The second-order valence-electron chi connectivity index (χ2n) is 3.62. The Morgan fingerprint density at radius 2 is 2.05 bits per heavy atom. The Balaban J connectivity index is 2.47. The van der Waals surface area contributed by atoms with Crippen molar-refractivity contribution < 1.29 is 19.4 Å². The predicted octanol–water partition coefficient (Wildman–Crippen LogP) is -0.0787. The number of nitrogens with two attached hydrogens (primary N) is 1. The number of aryl methyl sites for hydroxylation is 1. The van der Waals surface area contributed by atoms with E-state index in [9.17, 15) is 0 Å². The molecule has 8 nitrogen and oxygen atoms in total. The molecule has 0 atom stereocenters. The van der Waals surface area contributed by atoms with E-state index in [2.05, 4.69) is 15.1 Å². The highest BCUT2D eigenvalue weighted by molar-refractivity contribution is 5.95. The summed E-state index contributed by atoms with van der Waals surface area (Å²) in [5, 5.41) is 11.5. The topological polar surface area (TPSA) is 112 Å². The van der Waals surface area contributed by atoms with E-state index in [0.29, 0.717) is 37.8 Å². The number of hydrogen-bond acceptors (Lipinski definition) is 7. The highest BCUT2D eigenvalue weighted by Crippen LogP contribution is 2.06. The van der Waals surface area contributed by atoms with Crippen molar-refractivity contribution in [1.29, 1.82) is 0 Å². The number of ether oxygens (including phenoxy) is 3. The monoisotopic (exact) mass is 270 g/mol. The molecule has 0 spiro atoms. The maximum atomic E-state index is 8.60. The van der Waals surface area contributed by atoms with Gasteiger partial charge in [0.15, 0.2) is 5.84 Å². The molecule has 0 aromatic carbocycles. The van der Waals surface area contributed by atoms with Gasteiger partial charge in [0.1, 0.15) is 12.3 Å². The van der Waals surface area contributed by atoms with Gasteiger partial charge in [-0.2, -0.15) is 4.98 Å². The van der Waals surface area contributed by atoms with Gasteiger partial charge >= 0.3 is 6.01 Å².